The van der Waals surface area contributed by atoms with E-state index >= 15 is 0 Å². The molecule has 1 aromatic carbocycles. The number of benzene rings is 1. The molecule has 0 fully saturated rings. The summed E-state index contributed by atoms with van der Waals surface area (Å²) < 4.78 is 26.9. The van der Waals surface area contributed by atoms with Gasteiger partial charge in [-0.1, -0.05) is 0 Å². The molecule has 0 saturated carbocycles. The minimum Gasteiger partial charge on any atom is -0.306 e. The lowest BCUT2D eigenvalue weighted by atomic mass is 10.3. The molecule has 110 valence electrons. The third-order valence-electron chi connectivity index (χ3n) is 2.94. The number of imidazole rings is 1. The molecule has 3 aromatic rings. The molecule has 0 atom stereocenters. The highest BCUT2D eigenvalue weighted by atomic mass is 32.2. The van der Waals surface area contributed by atoms with Gasteiger partial charge in [0, 0.05) is 17.6 Å². The number of fused-ring (bicyclic) bond motifs is 1. The van der Waals surface area contributed by atoms with Crippen LogP contribution in [0.3, 0.4) is 0 Å². The Kier molecular flexibility index (Phi) is 3.62. The smallest absolute Gasteiger partial charge is 0.306 e. The van der Waals surface area contributed by atoms with E-state index in [0.717, 1.165) is 4.88 Å². The molecule has 0 aliphatic heterocycles. The van der Waals surface area contributed by atoms with Gasteiger partial charge in [-0.15, -0.1) is 11.3 Å². The van der Waals surface area contributed by atoms with Crippen molar-refractivity contribution in [2.75, 3.05) is 6.54 Å². The number of aromatic amines is 2. The second-order valence-electron chi connectivity index (χ2n) is 4.40. The van der Waals surface area contributed by atoms with Crippen LogP contribution in [0.1, 0.15) is 4.88 Å². The van der Waals surface area contributed by atoms with Crippen molar-refractivity contribution in [2.45, 2.75) is 11.3 Å². The molecule has 3 rings (SSSR count). The molecule has 2 heterocycles. The normalized spacial score (nSPS) is 12.0. The Hall–Kier alpha value is -1.97. The quantitative estimate of drug-likeness (QED) is 0.646. The van der Waals surface area contributed by atoms with Crippen molar-refractivity contribution < 1.29 is 8.42 Å². The molecule has 0 aliphatic rings. The van der Waals surface area contributed by atoms with Crippen molar-refractivity contribution in [1.82, 2.24) is 19.7 Å². The van der Waals surface area contributed by atoms with Crippen LogP contribution < -0.4 is 10.4 Å². The van der Waals surface area contributed by atoms with E-state index in [1.165, 1.54) is 23.5 Å². The largest absolute Gasteiger partial charge is 0.323 e. The number of H-pyrrole nitrogens is 2. The third kappa shape index (κ3) is 3.04. The summed E-state index contributed by atoms with van der Waals surface area (Å²) in [6, 6.07) is 4.45. The van der Waals surface area contributed by atoms with E-state index in [9.17, 15) is 13.2 Å². The van der Waals surface area contributed by atoms with Crippen molar-refractivity contribution in [3.05, 3.63) is 45.3 Å². The third-order valence-corrected chi connectivity index (χ3v) is 5.24. The zero-order valence-electron chi connectivity index (χ0n) is 10.8. The van der Waals surface area contributed by atoms with Gasteiger partial charge in [-0.3, -0.25) is 4.98 Å². The highest BCUT2D eigenvalue weighted by Gasteiger charge is 2.14. The molecule has 9 heteroatoms. The number of thiazole rings is 1. The van der Waals surface area contributed by atoms with Crippen molar-refractivity contribution in [2.24, 2.45) is 0 Å². The van der Waals surface area contributed by atoms with Gasteiger partial charge in [0.25, 0.3) is 0 Å². The Morgan fingerprint density at radius 3 is 2.81 bits per heavy atom. The Morgan fingerprint density at radius 2 is 2.05 bits per heavy atom. The maximum atomic E-state index is 12.2. The van der Waals surface area contributed by atoms with Crippen LogP contribution in [0.5, 0.6) is 0 Å². The summed E-state index contributed by atoms with van der Waals surface area (Å²) in [5.41, 5.74) is 2.38. The van der Waals surface area contributed by atoms with E-state index in [2.05, 4.69) is 19.7 Å². The molecule has 7 nitrogen and oxygen atoms in total. The lowest BCUT2D eigenvalue weighted by molar-refractivity contribution is 0.582. The fraction of sp³-hybridized carbons (Fsp3) is 0.167. The lowest BCUT2D eigenvalue weighted by Crippen LogP contribution is -2.25. The summed E-state index contributed by atoms with van der Waals surface area (Å²) in [6.07, 6.45) is 2.31. The first-order chi connectivity index (χ1) is 10.0. The van der Waals surface area contributed by atoms with Crippen LogP contribution in [0.2, 0.25) is 0 Å². The van der Waals surface area contributed by atoms with Crippen LogP contribution in [-0.2, 0) is 16.4 Å². The minimum atomic E-state index is -3.60. The summed E-state index contributed by atoms with van der Waals surface area (Å²) in [5, 5.41) is 0. The summed E-state index contributed by atoms with van der Waals surface area (Å²) in [4.78, 5) is 21.4. The van der Waals surface area contributed by atoms with Crippen LogP contribution in [0.25, 0.3) is 11.0 Å². The molecule has 0 amide bonds. The molecule has 0 radical (unpaired) electrons. The predicted octanol–water partition coefficient (Wildman–Crippen LogP) is 0.834. The number of aromatic nitrogens is 3. The van der Waals surface area contributed by atoms with E-state index in [1.54, 1.807) is 17.8 Å². The molecule has 2 aromatic heterocycles. The van der Waals surface area contributed by atoms with Crippen LogP contribution in [-0.4, -0.2) is 29.9 Å². The molecule has 0 bridgehead atoms. The van der Waals surface area contributed by atoms with Crippen LogP contribution in [0.15, 0.2) is 39.6 Å². The van der Waals surface area contributed by atoms with Crippen molar-refractivity contribution >= 4 is 32.4 Å². The van der Waals surface area contributed by atoms with Gasteiger partial charge in [-0.25, -0.2) is 17.9 Å². The van der Waals surface area contributed by atoms with Crippen molar-refractivity contribution in [1.29, 1.82) is 0 Å². The Balaban J connectivity index is 1.77. The first-order valence-electron chi connectivity index (χ1n) is 6.14. The van der Waals surface area contributed by atoms with Crippen LogP contribution in [0, 0.1) is 0 Å². The molecular formula is C12H12N4O3S2. The van der Waals surface area contributed by atoms with E-state index < -0.39 is 10.0 Å². The monoisotopic (exact) mass is 324 g/mol. The van der Waals surface area contributed by atoms with Gasteiger partial charge in [-0.2, -0.15) is 0 Å². The van der Waals surface area contributed by atoms with Gasteiger partial charge in [-0.05, 0) is 24.6 Å². The van der Waals surface area contributed by atoms with Gasteiger partial charge in [0.15, 0.2) is 0 Å². The maximum Gasteiger partial charge on any atom is 0.323 e. The Bertz CT molecular complexity index is 910. The second kappa shape index (κ2) is 5.43. The number of hydrogen-bond acceptors (Lipinski definition) is 5. The fourth-order valence-corrected chi connectivity index (χ4v) is 3.59. The zero-order chi connectivity index (χ0) is 14.9. The number of nitrogens with one attached hydrogen (secondary N) is 3. The average molecular weight is 324 g/mol. The summed E-state index contributed by atoms with van der Waals surface area (Å²) in [5.74, 6) is 0. The highest BCUT2D eigenvalue weighted by Crippen LogP contribution is 2.15. The predicted molar refractivity (Wildman–Crippen MR) is 79.9 cm³/mol. The Labute approximate surface area is 124 Å². The van der Waals surface area contributed by atoms with Crippen molar-refractivity contribution in [3.8, 4) is 0 Å². The van der Waals surface area contributed by atoms with Gasteiger partial charge >= 0.3 is 5.69 Å². The molecule has 21 heavy (non-hydrogen) atoms. The van der Waals surface area contributed by atoms with Gasteiger partial charge in [0.1, 0.15) is 0 Å². The molecule has 3 N–H and O–H groups in total. The first kappa shape index (κ1) is 14.0. The second-order valence-corrected chi connectivity index (χ2v) is 7.14. The Morgan fingerprint density at radius 1 is 1.24 bits per heavy atom. The van der Waals surface area contributed by atoms with E-state index in [1.807, 2.05) is 0 Å². The molecule has 0 aliphatic carbocycles. The summed E-state index contributed by atoms with van der Waals surface area (Å²) in [7, 11) is -3.60. The topological polar surface area (TPSA) is 108 Å². The molecule has 0 unspecified atom stereocenters. The number of nitrogens with zero attached hydrogens (tertiary/aromatic N) is 1. The molecule has 0 saturated heterocycles. The molecular weight excluding hydrogens is 312 g/mol. The van der Waals surface area contributed by atoms with E-state index in [0.29, 0.717) is 24.0 Å². The molecule has 0 spiro atoms. The van der Waals surface area contributed by atoms with Crippen LogP contribution in [0.4, 0.5) is 0 Å². The number of hydrogen-bond donors (Lipinski definition) is 3. The SMILES string of the molecule is O=c1[nH]c2ccc(S(=O)(=O)NCCc3cncs3)cc2[nH]1. The first-order valence-corrected chi connectivity index (χ1v) is 8.50. The standard InChI is InChI=1S/C12H12N4O3S2/c17-12-15-10-2-1-9(5-11(10)16-12)21(18,19)14-4-3-8-6-13-7-20-8/h1-2,5-7,14H,3-4H2,(H2,15,16,17). The van der Waals surface area contributed by atoms with Gasteiger partial charge < -0.3 is 9.97 Å². The van der Waals surface area contributed by atoms with Crippen LogP contribution >= 0.6 is 11.3 Å². The highest BCUT2D eigenvalue weighted by molar-refractivity contribution is 7.89. The summed E-state index contributed by atoms with van der Waals surface area (Å²) in [6.45, 7) is 0.298. The lowest BCUT2D eigenvalue weighted by Gasteiger charge is -2.06. The average Bonchev–Trinajstić information content (AvgIpc) is 3.05. The zero-order valence-corrected chi connectivity index (χ0v) is 12.4. The maximum absolute atomic E-state index is 12.2. The minimum absolute atomic E-state index is 0.120. The number of sulfonamides is 1. The van der Waals surface area contributed by atoms with Gasteiger partial charge in [0.05, 0.1) is 21.4 Å². The van der Waals surface area contributed by atoms with E-state index in [4.69, 9.17) is 0 Å². The summed E-state index contributed by atoms with van der Waals surface area (Å²) >= 11 is 1.48. The van der Waals surface area contributed by atoms with E-state index in [-0.39, 0.29) is 10.6 Å². The van der Waals surface area contributed by atoms with Crippen molar-refractivity contribution in [3.63, 3.8) is 0 Å². The van der Waals surface area contributed by atoms with Gasteiger partial charge in [0.2, 0.25) is 10.0 Å². The fourth-order valence-electron chi connectivity index (χ4n) is 1.94. The number of rotatable bonds is 5.